The van der Waals surface area contributed by atoms with Gasteiger partial charge in [-0.1, -0.05) is 12.1 Å². The number of rotatable bonds is 6. The molecule has 2 aromatic rings. The van der Waals surface area contributed by atoms with Crippen molar-refractivity contribution >= 4 is 5.91 Å². The van der Waals surface area contributed by atoms with Crippen molar-refractivity contribution in [2.24, 2.45) is 0 Å². The lowest BCUT2D eigenvalue weighted by molar-refractivity contribution is -0.135. The summed E-state index contributed by atoms with van der Waals surface area (Å²) in [5.41, 5.74) is 2.62. The zero-order valence-electron chi connectivity index (χ0n) is 16.2. The monoisotopic (exact) mass is 382 g/mol. The van der Waals surface area contributed by atoms with E-state index in [0.29, 0.717) is 5.75 Å². The second kappa shape index (κ2) is 8.52. The van der Waals surface area contributed by atoms with Crippen LogP contribution in [0.3, 0.4) is 0 Å². The maximum Gasteiger partial charge on any atom is 0.260 e. The van der Waals surface area contributed by atoms with E-state index in [1.54, 1.807) is 7.11 Å². The Morgan fingerprint density at radius 2 is 1.79 bits per heavy atom. The van der Waals surface area contributed by atoms with Crippen LogP contribution < -0.4 is 14.2 Å². The van der Waals surface area contributed by atoms with Gasteiger partial charge in [0, 0.05) is 39.1 Å². The van der Waals surface area contributed by atoms with Crippen LogP contribution in [0.15, 0.2) is 42.5 Å². The van der Waals surface area contributed by atoms with Crippen molar-refractivity contribution in [1.82, 2.24) is 9.80 Å². The van der Waals surface area contributed by atoms with E-state index < -0.39 is 0 Å². The molecule has 0 radical (unpaired) electrons. The highest BCUT2D eigenvalue weighted by Gasteiger charge is 2.22. The van der Waals surface area contributed by atoms with Crippen molar-refractivity contribution in [3.8, 4) is 17.2 Å². The lowest BCUT2D eigenvalue weighted by Gasteiger charge is -2.34. The first kappa shape index (κ1) is 18.6. The van der Waals surface area contributed by atoms with Gasteiger partial charge in [0.1, 0.15) is 17.2 Å². The summed E-state index contributed by atoms with van der Waals surface area (Å²) in [5.74, 6) is 2.50. The van der Waals surface area contributed by atoms with Crippen LogP contribution in [-0.4, -0.2) is 62.2 Å². The Bertz CT molecular complexity index is 814. The molecule has 28 heavy (non-hydrogen) atoms. The number of carbonyl (C=O) groups is 1. The van der Waals surface area contributed by atoms with E-state index in [2.05, 4.69) is 23.1 Å². The molecule has 0 aliphatic carbocycles. The average Bonchev–Trinajstić information content (AvgIpc) is 3.21. The van der Waals surface area contributed by atoms with Crippen LogP contribution in [0.1, 0.15) is 11.1 Å². The SMILES string of the molecule is COc1ccc(OCC(=O)N2CCN(Cc3ccc4c(c3)CCO4)CC2)cc1. The predicted molar refractivity (Wildman–Crippen MR) is 106 cm³/mol. The molecule has 0 bridgehead atoms. The first-order chi connectivity index (χ1) is 13.7. The summed E-state index contributed by atoms with van der Waals surface area (Å²) < 4.78 is 16.3. The number of hydrogen-bond donors (Lipinski definition) is 0. The maximum atomic E-state index is 12.4. The van der Waals surface area contributed by atoms with Gasteiger partial charge in [-0.15, -0.1) is 0 Å². The van der Waals surface area contributed by atoms with Crippen LogP contribution in [0.4, 0.5) is 0 Å². The van der Waals surface area contributed by atoms with E-state index >= 15 is 0 Å². The van der Waals surface area contributed by atoms with Gasteiger partial charge < -0.3 is 19.1 Å². The molecule has 0 saturated carbocycles. The van der Waals surface area contributed by atoms with Gasteiger partial charge in [-0.2, -0.15) is 0 Å². The Morgan fingerprint density at radius 1 is 1.04 bits per heavy atom. The van der Waals surface area contributed by atoms with Crippen molar-refractivity contribution in [1.29, 1.82) is 0 Å². The Labute approximate surface area is 165 Å². The van der Waals surface area contributed by atoms with Gasteiger partial charge in [0.2, 0.25) is 0 Å². The van der Waals surface area contributed by atoms with Crippen LogP contribution >= 0.6 is 0 Å². The molecule has 2 aliphatic heterocycles. The number of nitrogens with zero attached hydrogens (tertiary/aromatic N) is 2. The van der Waals surface area contributed by atoms with E-state index in [9.17, 15) is 4.79 Å². The molecule has 0 N–H and O–H groups in total. The van der Waals surface area contributed by atoms with Crippen LogP contribution in [0, 0.1) is 0 Å². The second-order valence-electron chi connectivity index (χ2n) is 7.16. The highest BCUT2D eigenvalue weighted by atomic mass is 16.5. The van der Waals surface area contributed by atoms with E-state index in [-0.39, 0.29) is 12.5 Å². The fourth-order valence-electron chi connectivity index (χ4n) is 3.66. The van der Waals surface area contributed by atoms with Crippen molar-refractivity contribution in [2.75, 3.05) is 46.5 Å². The minimum atomic E-state index is 0.0325. The number of carbonyl (C=O) groups excluding carboxylic acids is 1. The summed E-state index contributed by atoms with van der Waals surface area (Å²) in [4.78, 5) is 16.7. The highest BCUT2D eigenvalue weighted by Crippen LogP contribution is 2.26. The fraction of sp³-hybridized carbons (Fsp3) is 0.409. The Balaban J connectivity index is 1.22. The van der Waals surface area contributed by atoms with Gasteiger partial charge in [0.05, 0.1) is 13.7 Å². The van der Waals surface area contributed by atoms with Crippen molar-refractivity contribution in [3.05, 3.63) is 53.6 Å². The molecule has 2 aromatic carbocycles. The quantitative estimate of drug-likeness (QED) is 0.768. The van der Waals surface area contributed by atoms with Crippen molar-refractivity contribution in [3.63, 3.8) is 0 Å². The zero-order valence-corrected chi connectivity index (χ0v) is 16.2. The molecule has 6 heteroatoms. The molecule has 148 valence electrons. The van der Waals surface area contributed by atoms with E-state index in [4.69, 9.17) is 14.2 Å². The molecule has 0 spiro atoms. The van der Waals surface area contributed by atoms with Crippen LogP contribution in [0.25, 0.3) is 0 Å². The molecule has 4 rings (SSSR count). The topological polar surface area (TPSA) is 51.2 Å². The number of benzene rings is 2. The molecule has 1 amide bonds. The summed E-state index contributed by atoms with van der Waals surface area (Å²) in [5, 5.41) is 0. The molecular formula is C22H26N2O4. The summed E-state index contributed by atoms with van der Waals surface area (Å²) in [6.07, 6.45) is 1.000. The molecule has 0 aromatic heterocycles. The number of methoxy groups -OCH3 is 1. The van der Waals surface area contributed by atoms with Gasteiger partial charge in [0.15, 0.2) is 6.61 Å². The van der Waals surface area contributed by atoms with Crippen molar-refractivity contribution < 1.29 is 19.0 Å². The standard InChI is InChI=1S/C22H26N2O4/c1-26-19-3-5-20(6-4-19)28-16-22(25)24-11-9-23(10-12-24)15-17-2-7-21-18(14-17)8-13-27-21/h2-7,14H,8-13,15-16H2,1H3. The molecule has 1 saturated heterocycles. The summed E-state index contributed by atoms with van der Waals surface area (Å²) >= 11 is 0. The smallest absolute Gasteiger partial charge is 0.260 e. The van der Waals surface area contributed by atoms with Crippen LogP contribution in [0.2, 0.25) is 0 Å². The van der Waals surface area contributed by atoms with Crippen molar-refractivity contribution in [2.45, 2.75) is 13.0 Å². The summed E-state index contributed by atoms with van der Waals surface area (Å²) in [6, 6.07) is 13.7. The molecule has 1 fully saturated rings. The first-order valence-electron chi connectivity index (χ1n) is 9.73. The third-order valence-electron chi connectivity index (χ3n) is 5.31. The lowest BCUT2D eigenvalue weighted by atomic mass is 10.1. The number of fused-ring (bicyclic) bond motifs is 1. The minimum Gasteiger partial charge on any atom is -0.497 e. The fourth-order valence-corrected chi connectivity index (χ4v) is 3.66. The van der Waals surface area contributed by atoms with E-state index in [1.165, 1.54) is 11.1 Å². The highest BCUT2D eigenvalue weighted by molar-refractivity contribution is 5.77. The number of ether oxygens (including phenoxy) is 3. The Hall–Kier alpha value is -2.73. The third kappa shape index (κ3) is 4.39. The van der Waals surface area contributed by atoms with Crippen LogP contribution in [-0.2, 0) is 17.8 Å². The van der Waals surface area contributed by atoms with E-state index in [0.717, 1.165) is 57.3 Å². The minimum absolute atomic E-state index is 0.0325. The largest absolute Gasteiger partial charge is 0.497 e. The molecule has 2 heterocycles. The number of piperazine rings is 1. The second-order valence-corrected chi connectivity index (χ2v) is 7.16. The van der Waals surface area contributed by atoms with Gasteiger partial charge in [-0.3, -0.25) is 9.69 Å². The van der Waals surface area contributed by atoms with Gasteiger partial charge in [-0.05, 0) is 41.5 Å². The third-order valence-corrected chi connectivity index (χ3v) is 5.31. The predicted octanol–water partition coefficient (Wildman–Crippen LogP) is 2.35. The first-order valence-corrected chi connectivity index (χ1v) is 9.73. The molecule has 6 nitrogen and oxygen atoms in total. The Kier molecular flexibility index (Phi) is 5.67. The number of hydrogen-bond acceptors (Lipinski definition) is 5. The van der Waals surface area contributed by atoms with E-state index in [1.807, 2.05) is 29.2 Å². The Morgan fingerprint density at radius 3 is 2.54 bits per heavy atom. The molecular weight excluding hydrogens is 356 g/mol. The van der Waals surface area contributed by atoms with Crippen LogP contribution in [0.5, 0.6) is 17.2 Å². The summed E-state index contributed by atoms with van der Waals surface area (Å²) in [6.45, 7) is 4.99. The molecule has 0 atom stereocenters. The van der Waals surface area contributed by atoms with Gasteiger partial charge in [-0.25, -0.2) is 0 Å². The summed E-state index contributed by atoms with van der Waals surface area (Å²) in [7, 11) is 1.62. The zero-order chi connectivity index (χ0) is 19.3. The van der Waals surface area contributed by atoms with Gasteiger partial charge in [0.25, 0.3) is 5.91 Å². The number of amides is 1. The van der Waals surface area contributed by atoms with Gasteiger partial charge >= 0.3 is 0 Å². The molecule has 2 aliphatic rings. The lowest BCUT2D eigenvalue weighted by Crippen LogP contribution is -2.49. The average molecular weight is 382 g/mol. The normalized spacial score (nSPS) is 16.4. The maximum absolute atomic E-state index is 12.4. The molecule has 0 unspecified atom stereocenters.